The Labute approximate surface area is 212 Å². The SMILES string of the molecule is CCN1CCN(C2=CCC(c3cc4c(N5CCN(C(=O)N6CC(O)C6)CC5)ccnn4c3)C=C2)CC1. The first-order valence-corrected chi connectivity index (χ1v) is 13.4. The second kappa shape index (κ2) is 9.78. The number of nitrogens with zero attached hydrogens (tertiary/aromatic N) is 7. The van der Waals surface area contributed by atoms with E-state index in [0.717, 1.165) is 57.8 Å². The Kier molecular flexibility index (Phi) is 6.35. The summed E-state index contributed by atoms with van der Waals surface area (Å²) in [4.78, 5) is 23.6. The van der Waals surface area contributed by atoms with Crippen molar-refractivity contribution >= 4 is 17.2 Å². The first-order chi connectivity index (χ1) is 17.6. The third-order valence-corrected chi connectivity index (χ3v) is 8.22. The minimum atomic E-state index is -0.360. The fraction of sp³-hybridized carbons (Fsp3) is 0.556. The van der Waals surface area contributed by atoms with Crippen LogP contribution in [0, 0.1) is 0 Å². The van der Waals surface area contributed by atoms with Crippen LogP contribution in [0.3, 0.4) is 0 Å². The van der Waals surface area contributed by atoms with Crippen molar-refractivity contribution < 1.29 is 9.90 Å². The number of carbonyl (C=O) groups excluding carboxylic acids is 1. The van der Waals surface area contributed by atoms with Crippen LogP contribution in [0.5, 0.6) is 0 Å². The topological polar surface area (TPSA) is 70.8 Å². The van der Waals surface area contributed by atoms with Crippen LogP contribution >= 0.6 is 0 Å². The first-order valence-electron chi connectivity index (χ1n) is 13.4. The number of urea groups is 1. The molecule has 3 aliphatic heterocycles. The van der Waals surface area contributed by atoms with E-state index in [1.54, 1.807) is 4.90 Å². The van der Waals surface area contributed by atoms with Gasteiger partial charge in [-0.05, 0) is 36.7 Å². The number of β-amino-alcohol motifs (C(OH)–C–C–N with tert-alkyl or cyclic N) is 1. The van der Waals surface area contributed by atoms with Gasteiger partial charge in [0.25, 0.3) is 0 Å². The number of amides is 2. The molecular weight excluding hydrogens is 454 g/mol. The molecule has 2 aromatic heterocycles. The average molecular weight is 492 g/mol. The van der Waals surface area contributed by atoms with Gasteiger partial charge in [0.1, 0.15) is 0 Å². The number of fused-ring (bicyclic) bond motifs is 1. The maximum absolute atomic E-state index is 12.6. The van der Waals surface area contributed by atoms with Crippen molar-refractivity contribution in [1.82, 2.24) is 29.2 Å². The number of hydrogen-bond acceptors (Lipinski definition) is 6. The molecule has 0 saturated carbocycles. The molecule has 192 valence electrons. The number of carbonyl (C=O) groups is 1. The molecule has 36 heavy (non-hydrogen) atoms. The van der Waals surface area contributed by atoms with Crippen molar-refractivity contribution in [1.29, 1.82) is 0 Å². The molecule has 1 aliphatic carbocycles. The lowest BCUT2D eigenvalue weighted by Gasteiger charge is -2.42. The summed E-state index contributed by atoms with van der Waals surface area (Å²) in [5, 5.41) is 14.1. The van der Waals surface area contributed by atoms with Crippen LogP contribution in [0.4, 0.5) is 10.5 Å². The molecule has 5 heterocycles. The van der Waals surface area contributed by atoms with Gasteiger partial charge in [0.15, 0.2) is 0 Å². The summed E-state index contributed by atoms with van der Waals surface area (Å²) in [5.41, 5.74) is 4.96. The summed E-state index contributed by atoms with van der Waals surface area (Å²) < 4.78 is 2.00. The molecule has 0 radical (unpaired) electrons. The van der Waals surface area contributed by atoms with Crippen molar-refractivity contribution in [2.24, 2.45) is 0 Å². The molecule has 2 aromatic rings. The predicted octanol–water partition coefficient (Wildman–Crippen LogP) is 1.82. The van der Waals surface area contributed by atoms with E-state index in [2.05, 4.69) is 63.3 Å². The Hall–Kier alpha value is -3.04. The maximum Gasteiger partial charge on any atom is 0.320 e. The maximum atomic E-state index is 12.6. The molecule has 1 unspecified atom stereocenters. The predicted molar refractivity (Wildman–Crippen MR) is 140 cm³/mol. The molecule has 3 saturated heterocycles. The molecule has 1 N–H and O–H groups in total. The highest BCUT2D eigenvalue weighted by Gasteiger charge is 2.33. The smallest absolute Gasteiger partial charge is 0.320 e. The lowest BCUT2D eigenvalue weighted by molar-refractivity contribution is 0.0145. The van der Waals surface area contributed by atoms with Gasteiger partial charge in [-0.15, -0.1) is 0 Å². The highest BCUT2D eigenvalue weighted by atomic mass is 16.3. The number of likely N-dealkylation sites (tertiary alicyclic amines) is 1. The summed E-state index contributed by atoms with van der Waals surface area (Å²) in [5.74, 6) is 0.363. The molecule has 6 rings (SSSR count). The molecule has 1 atom stereocenters. The zero-order valence-corrected chi connectivity index (χ0v) is 21.2. The average Bonchev–Trinajstić information content (AvgIpc) is 3.36. The standard InChI is InChI=1S/C27H37N7O2/c1-2-29-9-11-30(12-10-29)23-5-3-21(4-6-23)22-17-26-25(7-8-28-34(26)18-22)31-13-15-32(16-14-31)27(36)33-19-24(35)20-33/h3,5-8,17-18,21,24,35H,2,4,9-16,19-20H2,1H3. The van der Waals surface area contributed by atoms with Crippen molar-refractivity contribution in [2.75, 3.05) is 76.9 Å². The Morgan fingerprint density at radius 3 is 2.44 bits per heavy atom. The van der Waals surface area contributed by atoms with E-state index in [0.29, 0.717) is 32.1 Å². The molecule has 0 bridgehead atoms. The first kappa shape index (κ1) is 23.4. The van der Waals surface area contributed by atoms with E-state index in [4.69, 9.17) is 0 Å². The van der Waals surface area contributed by atoms with E-state index < -0.39 is 0 Å². The minimum absolute atomic E-state index is 0.0496. The summed E-state index contributed by atoms with van der Waals surface area (Å²) >= 11 is 0. The number of aliphatic hydroxyl groups excluding tert-OH is 1. The van der Waals surface area contributed by atoms with Gasteiger partial charge in [-0.3, -0.25) is 0 Å². The molecule has 9 nitrogen and oxygen atoms in total. The zero-order valence-electron chi connectivity index (χ0n) is 21.2. The number of likely N-dealkylation sites (N-methyl/N-ethyl adjacent to an activating group) is 1. The second-order valence-electron chi connectivity index (χ2n) is 10.4. The van der Waals surface area contributed by atoms with Crippen LogP contribution < -0.4 is 4.90 Å². The zero-order chi connectivity index (χ0) is 24.6. The monoisotopic (exact) mass is 491 g/mol. The van der Waals surface area contributed by atoms with E-state index in [1.165, 1.54) is 16.9 Å². The van der Waals surface area contributed by atoms with Crippen LogP contribution in [-0.2, 0) is 0 Å². The quantitative estimate of drug-likeness (QED) is 0.704. The molecular formula is C27H37N7O2. The lowest BCUT2D eigenvalue weighted by Crippen LogP contribution is -2.60. The number of piperazine rings is 2. The normalized spacial score (nSPS) is 23.8. The summed E-state index contributed by atoms with van der Waals surface area (Å²) in [6.45, 7) is 11.8. The summed E-state index contributed by atoms with van der Waals surface area (Å²) in [6.07, 6.45) is 11.8. The van der Waals surface area contributed by atoms with Gasteiger partial charge >= 0.3 is 6.03 Å². The Morgan fingerprint density at radius 1 is 1.03 bits per heavy atom. The number of rotatable bonds is 4. The minimum Gasteiger partial charge on any atom is -0.389 e. The third-order valence-electron chi connectivity index (χ3n) is 8.22. The van der Waals surface area contributed by atoms with Crippen LogP contribution in [0.15, 0.2) is 48.5 Å². The van der Waals surface area contributed by atoms with Gasteiger partial charge in [0, 0.05) is 76.4 Å². The van der Waals surface area contributed by atoms with E-state index in [-0.39, 0.29) is 12.1 Å². The molecule has 9 heteroatoms. The van der Waals surface area contributed by atoms with E-state index >= 15 is 0 Å². The summed E-state index contributed by atoms with van der Waals surface area (Å²) in [7, 11) is 0. The van der Waals surface area contributed by atoms with Crippen LogP contribution in [0.2, 0.25) is 0 Å². The molecule has 0 spiro atoms. The summed E-state index contributed by atoms with van der Waals surface area (Å²) in [6, 6.07) is 4.43. The molecule has 3 fully saturated rings. The van der Waals surface area contributed by atoms with Crippen LogP contribution in [0.1, 0.15) is 24.8 Å². The van der Waals surface area contributed by atoms with Gasteiger partial charge in [0.2, 0.25) is 0 Å². The Morgan fingerprint density at radius 2 is 1.78 bits per heavy atom. The molecule has 4 aliphatic rings. The number of allylic oxidation sites excluding steroid dienone is 3. The van der Waals surface area contributed by atoms with Gasteiger partial charge in [-0.1, -0.05) is 19.1 Å². The van der Waals surface area contributed by atoms with Gasteiger partial charge in [-0.2, -0.15) is 5.10 Å². The van der Waals surface area contributed by atoms with Gasteiger partial charge in [0.05, 0.1) is 30.4 Å². The van der Waals surface area contributed by atoms with Crippen LogP contribution in [-0.4, -0.2) is 118 Å². The highest BCUT2D eigenvalue weighted by Crippen LogP contribution is 2.32. The number of aliphatic hydroxyl groups is 1. The van der Waals surface area contributed by atoms with Gasteiger partial charge in [-0.25, -0.2) is 9.31 Å². The number of anilines is 1. The van der Waals surface area contributed by atoms with E-state index in [1.807, 2.05) is 15.6 Å². The van der Waals surface area contributed by atoms with Crippen molar-refractivity contribution in [2.45, 2.75) is 25.4 Å². The van der Waals surface area contributed by atoms with Crippen LogP contribution in [0.25, 0.3) is 5.52 Å². The van der Waals surface area contributed by atoms with E-state index in [9.17, 15) is 9.90 Å². The third kappa shape index (κ3) is 4.46. The number of hydrogen-bond donors (Lipinski definition) is 1. The van der Waals surface area contributed by atoms with Crippen molar-refractivity contribution in [3.63, 3.8) is 0 Å². The highest BCUT2D eigenvalue weighted by molar-refractivity contribution is 5.77. The molecule has 0 aromatic carbocycles. The second-order valence-corrected chi connectivity index (χ2v) is 10.4. The fourth-order valence-electron chi connectivity index (χ4n) is 5.85. The van der Waals surface area contributed by atoms with Crippen molar-refractivity contribution in [3.8, 4) is 0 Å². The van der Waals surface area contributed by atoms with Gasteiger partial charge < -0.3 is 29.6 Å². The number of aromatic nitrogens is 2. The Bertz CT molecular complexity index is 1150. The largest absolute Gasteiger partial charge is 0.389 e. The fourth-order valence-corrected chi connectivity index (χ4v) is 5.85. The lowest BCUT2D eigenvalue weighted by atomic mass is 9.93. The van der Waals surface area contributed by atoms with Crippen molar-refractivity contribution in [3.05, 3.63) is 54.0 Å². The molecule has 2 amide bonds. The Balaban J connectivity index is 1.10.